The van der Waals surface area contributed by atoms with Crippen LogP contribution in [0, 0.1) is 11.2 Å². The fraction of sp³-hybridized carbons (Fsp3) is 0.0588. The fourth-order valence-electron chi connectivity index (χ4n) is 2.35. The van der Waals surface area contributed by atoms with Gasteiger partial charge in [0, 0.05) is 18.1 Å². The molecule has 0 amide bonds. The van der Waals surface area contributed by atoms with E-state index in [0.29, 0.717) is 23.1 Å². The summed E-state index contributed by atoms with van der Waals surface area (Å²) in [5, 5.41) is 21.6. The SMILES string of the molecule is N=Cc1c(O)nc(NCc2ccccc2)c2cc(F)ccc12. The third-order valence-corrected chi connectivity index (χ3v) is 3.43. The van der Waals surface area contributed by atoms with Gasteiger partial charge in [0.2, 0.25) is 5.88 Å². The van der Waals surface area contributed by atoms with Crippen LogP contribution in [0.1, 0.15) is 11.1 Å². The van der Waals surface area contributed by atoms with Crippen LogP contribution < -0.4 is 5.32 Å². The first-order valence-electron chi connectivity index (χ1n) is 6.79. The maximum atomic E-state index is 13.5. The summed E-state index contributed by atoms with van der Waals surface area (Å²) in [5.41, 5.74) is 1.32. The Morgan fingerprint density at radius 3 is 2.64 bits per heavy atom. The number of pyridine rings is 1. The number of aromatic nitrogens is 1. The standard InChI is InChI=1S/C17H14FN3O/c18-12-6-7-13-14(8-12)16(21-17(22)15(13)9-19)20-10-11-4-2-1-3-5-11/h1-9,19H,10H2,(H2,20,21,22). The zero-order valence-corrected chi connectivity index (χ0v) is 11.7. The highest BCUT2D eigenvalue weighted by atomic mass is 19.1. The number of rotatable bonds is 4. The number of nitrogens with one attached hydrogen (secondary N) is 2. The predicted molar refractivity (Wildman–Crippen MR) is 85.0 cm³/mol. The number of anilines is 1. The van der Waals surface area contributed by atoms with Crippen molar-refractivity contribution in [3.05, 3.63) is 65.5 Å². The quantitative estimate of drug-likeness (QED) is 0.643. The van der Waals surface area contributed by atoms with E-state index in [9.17, 15) is 9.50 Å². The van der Waals surface area contributed by atoms with E-state index in [-0.39, 0.29) is 11.4 Å². The van der Waals surface area contributed by atoms with Crippen molar-refractivity contribution in [3.8, 4) is 5.88 Å². The van der Waals surface area contributed by atoms with E-state index in [0.717, 1.165) is 11.8 Å². The highest BCUT2D eigenvalue weighted by Gasteiger charge is 2.12. The van der Waals surface area contributed by atoms with E-state index in [1.807, 2.05) is 30.3 Å². The monoisotopic (exact) mass is 295 g/mol. The second kappa shape index (κ2) is 5.81. The number of hydrogen-bond donors (Lipinski definition) is 3. The molecule has 3 rings (SSSR count). The van der Waals surface area contributed by atoms with E-state index >= 15 is 0 Å². The van der Waals surface area contributed by atoms with Gasteiger partial charge in [-0.2, -0.15) is 4.98 Å². The van der Waals surface area contributed by atoms with E-state index in [1.165, 1.54) is 12.1 Å². The van der Waals surface area contributed by atoms with Crippen LogP contribution in [0.2, 0.25) is 0 Å². The van der Waals surface area contributed by atoms with Crippen LogP contribution in [0.4, 0.5) is 10.2 Å². The molecule has 0 bridgehead atoms. The Kier molecular flexibility index (Phi) is 3.70. The van der Waals surface area contributed by atoms with E-state index in [4.69, 9.17) is 5.41 Å². The Morgan fingerprint density at radius 1 is 1.14 bits per heavy atom. The van der Waals surface area contributed by atoms with Crippen LogP contribution in [-0.4, -0.2) is 16.3 Å². The van der Waals surface area contributed by atoms with Crippen LogP contribution in [0.3, 0.4) is 0 Å². The van der Waals surface area contributed by atoms with E-state index in [2.05, 4.69) is 10.3 Å². The lowest BCUT2D eigenvalue weighted by atomic mass is 10.1. The minimum atomic E-state index is -0.390. The van der Waals surface area contributed by atoms with Crippen LogP contribution in [0.5, 0.6) is 5.88 Å². The summed E-state index contributed by atoms with van der Waals surface area (Å²) in [4.78, 5) is 4.05. The molecule has 0 fully saturated rings. The molecule has 4 nitrogen and oxygen atoms in total. The Hall–Kier alpha value is -2.95. The molecule has 3 aromatic rings. The topological polar surface area (TPSA) is 69.0 Å². The molecule has 0 unspecified atom stereocenters. The Labute approximate surface area is 126 Å². The predicted octanol–water partition coefficient (Wildman–Crippen LogP) is 3.69. The van der Waals surface area contributed by atoms with Gasteiger partial charge in [0.25, 0.3) is 0 Å². The third kappa shape index (κ3) is 2.61. The molecule has 110 valence electrons. The van der Waals surface area contributed by atoms with Crippen molar-refractivity contribution in [2.75, 3.05) is 5.32 Å². The highest BCUT2D eigenvalue weighted by molar-refractivity contribution is 6.04. The first-order chi connectivity index (χ1) is 10.7. The molecule has 0 aliphatic rings. The van der Waals surface area contributed by atoms with Crippen LogP contribution in [0.25, 0.3) is 10.8 Å². The van der Waals surface area contributed by atoms with Gasteiger partial charge < -0.3 is 15.8 Å². The molecule has 2 aromatic carbocycles. The molecular formula is C17H14FN3O. The van der Waals surface area contributed by atoms with Crippen molar-refractivity contribution in [2.45, 2.75) is 6.54 Å². The smallest absolute Gasteiger partial charge is 0.222 e. The lowest BCUT2D eigenvalue weighted by Crippen LogP contribution is -2.03. The molecule has 0 aliphatic carbocycles. The fourth-order valence-corrected chi connectivity index (χ4v) is 2.35. The minimum absolute atomic E-state index is 0.246. The van der Waals surface area contributed by atoms with Gasteiger partial charge in [-0.1, -0.05) is 36.4 Å². The summed E-state index contributed by atoms with van der Waals surface area (Å²) >= 11 is 0. The van der Waals surface area contributed by atoms with Crippen LogP contribution >= 0.6 is 0 Å². The zero-order valence-electron chi connectivity index (χ0n) is 11.7. The Morgan fingerprint density at radius 2 is 1.91 bits per heavy atom. The highest BCUT2D eigenvalue weighted by Crippen LogP contribution is 2.30. The first-order valence-corrected chi connectivity index (χ1v) is 6.79. The van der Waals surface area contributed by atoms with E-state index < -0.39 is 5.82 Å². The molecule has 0 aliphatic heterocycles. The van der Waals surface area contributed by atoms with Crippen molar-refractivity contribution in [1.82, 2.24) is 4.98 Å². The Balaban J connectivity index is 2.05. The number of nitrogens with zero attached hydrogens (tertiary/aromatic N) is 1. The number of fused-ring (bicyclic) bond motifs is 1. The largest absolute Gasteiger partial charge is 0.493 e. The van der Waals surface area contributed by atoms with Crippen molar-refractivity contribution in [2.24, 2.45) is 0 Å². The average Bonchev–Trinajstić information content (AvgIpc) is 2.54. The molecule has 5 heteroatoms. The number of benzene rings is 2. The molecule has 3 N–H and O–H groups in total. The third-order valence-electron chi connectivity index (χ3n) is 3.43. The number of halogens is 1. The summed E-state index contributed by atoms with van der Waals surface area (Å²) in [6, 6.07) is 13.9. The molecule has 1 aromatic heterocycles. The molecule has 0 radical (unpaired) electrons. The van der Waals surface area contributed by atoms with Gasteiger partial charge in [0.05, 0.1) is 5.56 Å². The van der Waals surface area contributed by atoms with Gasteiger partial charge in [-0.25, -0.2) is 4.39 Å². The normalized spacial score (nSPS) is 10.6. The summed E-state index contributed by atoms with van der Waals surface area (Å²) in [6.45, 7) is 0.503. The lowest BCUT2D eigenvalue weighted by molar-refractivity contribution is 0.454. The maximum absolute atomic E-state index is 13.5. The van der Waals surface area contributed by atoms with Gasteiger partial charge in [0.15, 0.2) is 0 Å². The van der Waals surface area contributed by atoms with Gasteiger partial charge in [-0.15, -0.1) is 0 Å². The maximum Gasteiger partial charge on any atom is 0.222 e. The van der Waals surface area contributed by atoms with Crippen molar-refractivity contribution in [3.63, 3.8) is 0 Å². The van der Waals surface area contributed by atoms with Crippen LogP contribution in [-0.2, 0) is 6.54 Å². The van der Waals surface area contributed by atoms with Crippen LogP contribution in [0.15, 0.2) is 48.5 Å². The second-order valence-electron chi connectivity index (χ2n) is 4.87. The van der Waals surface area contributed by atoms with Crippen molar-refractivity contribution >= 4 is 22.8 Å². The van der Waals surface area contributed by atoms with Gasteiger partial charge >= 0.3 is 0 Å². The van der Waals surface area contributed by atoms with Crippen molar-refractivity contribution in [1.29, 1.82) is 5.41 Å². The summed E-state index contributed by atoms with van der Waals surface area (Å²) in [5.74, 6) is -0.246. The zero-order chi connectivity index (χ0) is 15.5. The second-order valence-corrected chi connectivity index (χ2v) is 4.87. The van der Waals surface area contributed by atoms with Gasteiger partial charge in [-0.3, -0.25) is 0 Å². The molecule has 22 heavy (non-hydrogen) atoms. The average molecular weight is 295 g/mol. The molecule has 1 heterocycles. The van der Waals surface area contributed by atoms with E-state index in [1.54, 1.807) is 6.07 Å². The molecule has 0 atom stereocenters. The molecule has 0 saturated carbocycles. The lowest BCUT2D eigenvalue weighted by Gasteiger charge is -2.12. The Bertz CT molecular complexity index is 834. The summed E-state index contributed by atoms with van der Waals surface area (Å²) in [7, 11) is 0. The van der Waals surface area contributed by atoms with Gasteiger partial charge in [0.1, 0.15) is 11.6 Å². The first kappa shape index (κ1) is 14.0. The number of aromatic hydroxyl groups is 1. The molecule has 0 spiro atoms. The van der Waals surface area contributed by atoms with Crippen molar-refractivity contribution < 1.29 is 9.50 Å². The summed E-state index contributed by atoms with van der Waals surface area (Å²) < 4.78 is 13.5. The summed E-state index contributed by atoms with van der Waals surface area (Å²) in [6.07, 6.45) is 1.02. The molecule has 0 saturated heterocycles. The molecular weight excluding hydrogens is 281 g/mol. The van der Waals surface area contributed by atoms with Gasteiger partial charge in [-0.05, 0) is 23.1 Å². The minimum Gasteiger partial charge on any atom is -0.493 e. The number of hydrogen-bond acceptors (Lipinski definition) is 4.